The fourth-order valence-electron chi connectivity index (χ4n) is 2.15. The molecular weight excluding hydrogens is 238 g/mol. The molecular formula is C13H18ClNO2. The number of halogens is 1. The zero-order valence-electron chi connectivity index (χ0n) is 9.95. The number of hydrogen-bond donors (Lipinski definition) is 2. The summed E-state index contributed by atoms with van der Waals surface area (Å²) in [6, 6.07) is 5.19. The van der Waals surface area contributed by atoms with Gasteiger partial charge in [-0.3, -0.25) is 0 Å². The van der Waals surface area contributed by atoms with E-state index in [1.807, 2.05) is 0 Å². The van der Waals surface area contributed by atoms with E-state index in [-0.39, 0.29) is 5.75 Å². The van der Waals surface area contributed by atoms with Crippen LogP contribution in [0, 0.1) is 5.92 Å². The molecule has 0 spiro atoms. The van der Waals surface area contributed by atoms with Crippen LogP contribution in [0.1, 0.15) is 18.9 Å². The second-order valence-electron chi connectivity index (χ2n) is 4.49. The van der Waals surface area contributed by atoms with E-state index in [0.29, 0.717) is 23.6 Å². The van der Waals surface area contributed by atoms with Gasteiger partial charge in [-0.2, -0.15) is 0 Å². The molecule has 1 fully saturated rings. The molecule has 1 aromatic carbocycles. The lowest BCUT2D eigenvalue weighted by atomic mass is 10.0. The van der Waals surface area contributed by atoms with E-state index in [9.17, 15) is 5.11 Å². The standard InChI is InChI=1S/C13H18ClNO2/c1-9-10(5-6-17-9)7-15-8-11-12(14)3-2-4-13(11)16/h2-4,9-10,15-16H,5-8H2,1H3. The summed E-state index contributed by atoms with van der Waals surface area (Å²) in [4.78, 5) is 0. The van der Waals surface area contributed by atoms with Gasteiger partial charge in [0.15, 0.2) is 0 Å². The van der Waals surface area contributed by atoms with Crippen molar-refractivity contribution in [1.82, 2.24) is 5.32 Å². The molecule has 1 saturated heterocycles. The number of hydrogen-bond acceptors (Lipinski definition) is 3. The van der Waals surface area contributed by atoms with Crippen molar-refractivity contribution >= 4 is 11.6 Å². The Labute approximate surface area is 107 Å². The number of phenols is 1. The van der Waals surface area contributed by atoms with Gasteiger partial charge >= 0.3 is 0 Å². The van der Waals surface area contributed by atoms with E-state index in [2.05, 4.69) is 12.2 Å². The molecule has 94 valence electrons. The van der Waals surface area contributed by atoms with Crippen LogP contribution in [-0.2, 0) is 11.3 Å². The first-order valence-corrected chi connectivity index (χ1v) is 6.35. The normalized spacial score (nSPS) is 24.1. The lowest BCUT2D eigenvalue weighted by Crippen LogP contribution is -2.26. The molecule has 2 unspecified atom stereocenters. The van der Waals surface area contributed by atoms with Crippen molar-refractivity contribution in [3.05, 3.63) is 28.8 Å². The first-order chi connectivity index (χ1) is 8.18. The van der Waals surface area contributed by atoms with Crippen molar-refractivity contribution in [1.29, 1.82) is 0 Å². The lowest BCUT2D eigenvalue weighted by molar-refractivity contribution is 0.105. The van der Waals surface area contributed by atoms with Crippen molar-refractivity contribution in [2.75, 3.05) is 13.2 Å². The first kappa shape index (κ1) is 12.7. The monoisotopic (exact) mass is 255 g/mol. The fourth-order valence-corrected chi connectivity index (χ4v) is 2.39. The zero-order valence-corrected chi connectivity index (χ0v) is 10.7. The van der Waals surface area contributed by atoms with E-state index in [1.54, 1.807) is 18.2 Å². The topological polar surface area (TPSA) is 41.5 Å². The molecule has 1 aromatic rings. The number of rotatable bonds is 4. The Morgan fingerprint density at radius 1 is 1.53 bits per heavy atom. The Kier molecular flexibility index (Phi) is 4.26. The number of phenolic OH excluding ortho intramolecular Hbond substituents is 1. The van der Waals surface area contributed by atoms with E-state index in [0.717, 1.165) is 25.1 Å². The van der Waals surface area contributed by atoms with Crippen LogP contribution in [0.4, 0.5) is 0 Å². The van der Waals surface area contributed by atoms with Gasteiger partial charge in [0.05, 0.1) is 6.10 Å². The summed E-state index contributed by atoms with van der Waals surface area (Å²) >= 11 is 6.03. The highest BCUT2D eigenvalue weighted by Crippen LogP contribution is 2.25. The maximum atomic E-state index is 9.69. The lowest BCUT2D eigenvalue weighted by Gasteiger charge is -2.15. The molecule has 2 N–H and O–H groups in total. The van der Waals surface area contributed by atoms with Crippen LogP contribution in [0.25, 0.3) is 0 Å². The SMILES string of the molecule is CC1OCCC1CNCc1c(O)cccc1Cl. The molecule has 4 heteroatoms. The third kappa shape index (κ3) is 3.12. The summed E-state index contributed by atoms with van der Waals surface area (Å²) in [5.41, 5.74) is 0.765. The summed E-state index contributed by atoms with van der Waals surface area (Å²) in [6.45, 7) is 4.44. The average molecular weight is 256 g/mol. The number of nitrogens with one attached hydrogen (secondary N) is 1. The van der Waals surface area contributed by atoms with Crippen LogP contribution >= 0.6 is 11.6 Å². The summed E-state index contributed by atoms with van der Waals surface area (Å²) in [7, 11) is 0. The van der Waals surface area contributed by atoms with E-state index >= 15 is 0 Å². The molecule has 0 bridgehead atoms. The maximum absolute atomic E-state index is 9.69. The van der Waals surface area contributed by atoms with Crippen LogP contribution in [0.3, 0.4) is 0 Å². The molecule has 1 aliphatic rings. The Bertz CT molecular complexity index is 363. The van der Waals surface area contributed by atoms with Crippen molar-refractivity contribution in [3.63, 3.8) is 0 Å². The predicted molar refractivity (Wildman–Crippen MR) is 68.3 cm³/mol. The quantitative estimate of drug-likeness (QED) is 0.869. The Balaban J connectivity index is 1.86. The third-order valence-electron chi connectivity index (χ3n) is 3.34. The van der Waals surface area contributed by atoms with Crippen molar-refractivity contribution in [3.8, 4) is 5.75 Å². The molecule has 1 aliphatic heterocycles. The van der Waals surface area contributed by atoms with Crippen LogP contribution in [0.15, 0.2) is 18.2 Å². The minimum atomic E-state index is 0.251. The average Bonchev–Trinajstić information content (AvgIpc) is 2.69. The first-order valence-electron chi connectivity index (χ1n) is 5.97. The second kappa shape index (κ2) is 5.71. The van der Waals surface area contributed by atoms with Gasteiger partial charge in [-0.1, -0.05) is 17.7 Å². The molecule has 0 aromatic heterocycles. The minimum absolute atomic E-state index is 0.251. The molecule has 0 saturated carbocycles. The highest BCUT2D eigenvalue weighted by molar-refractivity contribution is 6.31. The summed E-state index contributed by atoms with van der Waals surface area (Å²) < 4.78 is 5.50. The third-order valence-corrected chi connectivity index (χ3v) is 3.69. The van der Waals surface area contributed by atoms with E-state index in [4.69, 9.17) is 16.3 Å². The van der Waals surface area contributed by atoms with E-state index in [1.165, 1.54) is 0 Å². The summed E-state index contributed by atoms with van der Waals surface area (Å²) in [5, 5.41) is 13.6. The number of ether oxygens (including phenoxy) is 1. The van der Waals surface area contributed by atoms with Crippen LogP contribution in [0.2, 0.25) is 5.02 Å². The van der Waals surface area contributed by atoms with Gasteiger partial charge in [-0.25, -0.2) is 0 Å². The van der Waals surface area contributed by atoms with Gasteiger partial charge in [0.25, 0.3) is 0 Å². The molecule has 2 rings (SSSR count). The van der Waals surface area contributed by atoms with Gasteiger partial charge in [0, 0.05) is 30.3 Å². The van der Waals surface area contributed by atoms with Crippen LogP contribution in [0.5, 0.6) is 5.75 Å². The molecule has 0 amide bonds. The number of benzene rings is 1. The largest absolute Gasteiger partial charge is 0.508 e. The molecule has 0 radical (unpaired) electrons. The smallest absolute Gasteiger partial charge is 0.121 e. The highest BCUT2D eigenvalue weighted by Gasteiger charge is 2.23. The highest BCUT2D eigenvalue weighted by atomic mass is 35.5. The van der Waals surface area contributed by atoms with Gasteiger partial charge in [0.1, 0.15) is 5.75 Å². The minimum Gasteiger partial charge on any atom is -0.508 e. The number of aromatic hydroxyl groups is 1. The molecule has 3 nitrogen and oxygen atoms in total. The molecule has 2 atom stereocenters. The summed E-state index contributed by atoms with van der Waals surface area (Å²) in [6.07, 6.45) is 1.42. The molecule has 0 aliphatic carbocycles. The van der Waals surface area contributed by atoms with Gasteiger partial charge in [-0.05, 0) is 31.4 Å². The predicted octanol–water partition coefficient (Wildman–Crippen LogP) is 2.56. The van der Waals surface area contributed by atoms with Gasteiger partial charge in [-0.15, -0.1) is 0 Å². The molecule has 17 heavy (non-hydrogen) atoms. The Morgan fingerprint density at radius 2 is 2.35 bits per heavy atom. The van der Waals surface area contributed by atoms with Gasteiger partial charge in [0.2, 0.25) is 0 Å². The zero-order chi connectivity index (χ0) is 12.3. The van der Waals surface area contributed by atoms with Gasteiger partial charge < -0.3 is 15.2 Å². The van der Waals surface area contributed by atoms with Crippen molar-refractivity contribution < 1.29 is 9.84 Å². The Morgan fingerprint density at radius 3 is 3.00 bits per heavy atom. The van der Waals surface area contributed by atoms with Crippen LogP contribution < -0.4 is 5.32 Å². The fraction of sp³-hybridized carbons (Fsp3) is 0.538. The van der Waals surface area contributed by atoms with Crippen LogP contribution in [-0.4, -0.2) is 24.4 Å². The van der Waals surface area contributed by atoms with Crippen molar-refractivity contribution in [2.24, 2.45) is 5.92 Å². The maximum Gasteiger partial charge on any atom is 0.121 e. The Hall–Kier alpha value is -0.770. The summed E-state index contributed by atoms with van der Waals surface area (Å²) in [5.74, 6) is 0.806. The molecule has 1 heterocycles. The van der Waals surface area contributed by atoms with E-state index < -0.39 is 0 Å². The van der Waals surface area contributed by atoms with Crippen molar-refractivity contribution in [2.45, 2.75) is 26.0 Å². The second-order valence-corrected chi connectivity index (χ2v) is 4.90.